The molecule has 6 nitrogen and oxygen atoms in total. The van der Waals surface area contributed by atoms with Crippen LogP contribution in [0.25, 0.3) is 0 Å². The van der Waals surface area contributed by atoms with Crippen molar-refractivity contribution in [2.75, 3.05) is 11.4 Å². The van der Waals surface area contributed by atoms with Crippen LogP contribution in [0.4, 0.5) is 11.5 Å². The summed E-state index contributed by atoms with van der Waals surface area (Å²) in [6.45, 7) is 0.554. The lowest BCUT2D eigenvalue weighted by Crippen LogP contribution is -2.25. The minimum atomic E-state index is 0.185. The van der Waals surface area contributed by atoms with Crippen molar-refractivity contribution in [1.29, 1.82) is 0 Å². The predicted octanol–water partition coefficient (Wildman–Crippen LogP) is 1.75. The van der Waals surface area contributed by atoms with E-state index in [0.29, 0.717) is 13.0 Å². The van der Waals surface area contributed by atoms with Gasteiger partial charge in [0, 0.05) is 31.0 Å². The molecule has 0 fully saturated rings. The topological polar surface area (TPSA) is 87.6 Å². The van der Waals surface area contributed by atoms with Gasteiger partial charge in [0.1, 0.15) is 5.84 Å². The molecule has 0 atom stereocenters. The fraction of sp³-hybridized carbons (Fsp3) is 0.154. The third-order valence-corrected chi connectivity index (χ3v) is 2.61. The van der Waals surface area contributed by atoms with E-state index in [4.69, 9.17) is 10.9 Å². The smallest absolute Gasteiger partial charge is 0.151 e. The van der Waals surface area contributed by atoms with Gasteiger partial charge in [-0.3, -0.25) is 4.98 Å². The molecule has 0 saturated heterocycles. The van der Waals surface area contributed by atoms with Crippen molar-refractivity contribution in [1.82, 2.24) is 9.97 Å². The molecule has 1 heterocycles. The van der Waals surface area contributed by atoms with Crippen molar-refractivity contribution >= 4 is 17.3 Å². The Morgan fingerprint density at radius 3 is 2.68 bits per heavy atom. The molecule has 1 aromatic heterocycles. The van der Waals surface area contributed by atoms with E-state index < -0.39 is 0 Å². The van der Waals surface area contributed by atoms with Crippen LogP contribution in [0, 0.1) is 0 Å². The van der Waals surface area contributed by atoms with E-state index in [0.717, 1.165) is 11.5 Å². The van der Waals surface area contributed by atoms with E-state index >= 15 is 0 Å². The van der Waals surface area contributed by atoms with Crippen LogP contribution in [0.15, 0.2) is 54.1 Å². The molecule has 19 heavy (non-hydrogen) atoms. The maximum absolute atomic E-state index is 8.61. The Balaban J connectivity index is 2.24. The first kappa shape index (κ1) is 12.8. The van der Waals surface area contributed by atoms with Crippen molar-refractivity contribution in [3.63, 3.8) is 0 Å². The first-order valence-electron chi connectivity index (χ1n) is 5.86. The van der Waals surface area contributed by atoms with Crippen molar-refractivity contribution in [2.45, 2.75) is 6.42 Å². The van der Waals surface area contributed by atoms with Gasteiger partial charge in [0.15, 0.2) is 5.82 Å². The summed E-state index contributed by atoms with van der Waals surface area (Å²) in [7, 11) is 0. The number of benzene rings is 1. The van der Waals surface area contributed by atoms with Gasteiger partial charge in [-0.25, -0.2) is 4.98 Å². The molecule has 3 N–H and O–H groups in total. The standard InChI is InChI=1S/C13H15N5O/c14-12(17-19)6-9-18(11-4-2-1-3-5-11)13-10-15-7-8-16-13/h1-5,7-8,10,19H,6,9H2,(H2,14,17). The van der Waals surface area contributed by atoms with Crippen LogP contribution in [0.2, 0.25) is 0 Å². The van der Waals surface area contributed by atoms with Crippen molar-refractivity contribution in [2.24, 2.45) is 10.9 Å². The van der Waals surface area contributed by atoms with Gasteiger partial charge in [-0.2, -0.15) is 0 Å². The van der Waals surface area contributed by atoms with E-state index in [9.17, 15) is 0 Å². The lowest BCUT2D eigenvalue weighted by atomic mass is 10.2. The van der Waals surface area contributed by atoms with E-state index in [-0.39, 0.29) is 5.84 Å². The highest BCUT2D eigenvalue weighted by Crippen LogP contribution is 2.22. The monoisotopic (exact) mass is 257 g/mol. The highest BCUT2D eigenvalue weighted by atomic mass is 16.4. The summed E-state index contributed by atoms with van der Waals surface area (Å²) >= 11 is 0. The van der Waals surface area contributed by atoms with Gasteiger partial charge >= 0.3 is 0 Å². The van der Waals surface area contributed by atoms with E-state index in [2.05, 4.69) is 15.1 Å². The summed E-state index contributed by atoms with van der Waals surface area (Å²) in [5, 5.41) is 11.6. The SMILES string of the molecule is N/C(CCN(c1ccccc1)c1cnccn1)=N\O. The van der Waals surface area contributed by atoms with Crippen molar-refractivity contribution < 1.29 is 5.21 Å². The number of nitrogens with zero attached hydrogens (tertiary/aromatic N) is 4. The van der Waals surface area contributed by atoms with Crippen LogP contribution in [-0.2, 0) is 0 Å². The molecule has 2 rings (SSSR count). The Morgan fingerprint density at radius 1 is 1.26 bits per heavy atom. The second-order valence-corrected chi connectivity index (χ2v) is 3.89. The number of oxime groups is 1. The summed E-state index contributed by atoms with van der Waals surface area (Å²) < 4.78 is 0. The number of amidine groups is 1. The molecule has 0 aliphatic rings. The zero-order chi connectivity index (χ0) is 13.5. The summed E-state index contributed by atoms with van der Waals surface area (Å²) in [5.41, 5.74) is 6.50. The number of hydrogen-bond donors (Lipinski definition) is 2. The average molecular weight is 257 g/mol. The minimum Gasteiger partial charge on any atom is -0.409 e. The minimum absolute atomic E-state index is 0.185. The molecule has 1 aromatic carbocycles. The number of para-hydroxylation sites is 1. The maximum Gasteiger partial charge on any atom is 0.151 e. The van der Waals surface area contributed by atoms with Gasteiger partial charge in [0.05, 0.1) is 6.20 Å². The van der Waals surface area contributed by atoms with Gasteiger partial charge in [-0.05, 0) is 12.1 Å². The molecule has 2 aromatic rings. The summed E-state index contributed by atoms with van der Waals surface area (Å²) in [6.07, 6.45) is 5.37. The Labute approximate surface area is 111 Å². The van der Waals surface area contributed by atoms with Crippen LogP contribution in [0.5, 0.6) is 0 Å². The molecule has 0 aliphatic carbocycles. The summed E-state index contributed by atoms with van der Waals surface area (Å²) in [6, 6.07) is 9.79. The highest BCUT2D eigenvalue weighted by Gasteiger charge is 2.10. The van der Waals surface area contributed by atoms with Gasteiger partial charge in [0.2, 0.25) is 0 Å². The predicted molar refractivity (Wildman–Crippen MR) is 73.5 cm³/mol. The van der Waals surface area contributed by atoms with Gasteiger partial charge in [-0.15, -0.1) is 0 Å². The molecule has 6 heteroatoms. The zero-order valence-electron chi connectivity index (χ0n) is 10.3. The van der Waals surface area contributed by atoms with Crippen molar-refractivity contribution in [3.05, 3.63) is 48.9 Å². The Bertz CT molecular complexity index is 490. The summed E-state index contributed by atoms with van der Waals surface area (Å²) in [5.74, 6) is 0.907. The first-order chi connectivity index (χ1) is 9.31. The van der Waals surface area contributed by atoms with Gasteiger partial charge in [-0.1, -0.05) is 23.4 Å². The largest absolute Gasteiger partial charge is 0.409 e. The molecule has 0 bridgehead atoms. The number of rotatable bonds is 5. The van der Waals surface area contributed by atoms with Gasteiger partial charge < -0.3 is 15.8 Å². The fourth-order valence-electron chi connectivity index (χ4n) is 1.69. The number of anilines is 2. The van der Waals surface area contributed by atoms with Crippen LogP contribution in [0.1, 0.15) is 6.42 Å². The second kappa shape index (κ2) is 6.34. The number of nitrogens with two attached hydrogens (primary N) is 1. The van der Waals surface area contributed by atoms with Crippen LogP contribution < -0.4 is 10.6 Å². The van der Waals surface area contributed by atoms with Crippen molar-refractivity contribution in [3.8, 4) is 0 Å². The Morgan fingerprint density at radius 2 is 2.05 bits per heavy atom. The zero-order valence-corrected chi connectivity index (χ0v) is 10.3. The quantitative estimate of drug-likeness (QED) is 0.369. The van der Waals surface area contributed by atoms with E-state index in [1.165, 1.54) is 0 Å². The van der Waals surface area contributed by atoms with E-state index in [1.54, 1.807) is 18.6 Å². The molecular weight excluding hydrogens is 242 g/mol. The molecule has 0 unspecified atom stereocenters. The fourth-order valence-corrected chi connectivity index (χ4v) is 1.69. The lowest BCUT2D eigenvalue weighted by molar-refractivity contribution is 0.317. The van der Waals surface area contributed by atoms with Crippen LogP contribution in [0.3, 0.4) is 0 Å². The average Bonchev–Trinajstić information content (AvgIpc) is 2.49. The molecular formula is C13H15N5O. The molecule has 0 amide bonds. The van der Waals surface area contributed by atoms with E-state index in [1.807, 2.05) is 35.2 Å². The Kier molecular flexibility index (Phi) is 4.28. The third kappa shape index (κ3) is 3.41. The molecule has 0 radical (unpaired) electrons. The second-order valence-electron chi connectivity index (χ2n) is 3.89. The molecule has 0 aliphatic heterocycles. The molecule has 0 saturated carbocycles. The molecule has 0 spiro atoms. The number of aromatic nitrogens is 2. The lowest BCUT2D eigenvalue weighted by Gasteiger charge is -2.23. The Hall–Kier alpha value is -2.63. The third-order valence-electron chi connectivity index (χ3n) is 2.61. The maximum atomic E-state index is 8.61. The van der Waals surface area contributed by atoms with Crippen LogP contribution >= 0.6 is 0 Å². The highest BCUT2D eigenvalue weighted by molar-refractivity contribution is 5.80. The molecule has 98 valence electrons. The first-order valence-corrected chi connectivity index (χ1v) is 5.86. The van der Waals surface area contributed by atoms with Crippen LogP contribution in [-0.4, -0.2) is 27.6 Å². The summed E-state index contributed by atoms with van der Waals surface area (Å²) in [4.78, 5) is 10.3. The van der Waals surface area contributed by atoms with Gasteiger partial charge in [0.25, 0.3) is 0 Å². The number of hydrogen-bond acceptors (Lipinski definition) is 5. The normalized spacial score (nSPS) is 11.3.